The number of hydrogen-bond donors (Lipinski definition) is 4. The molecule has 2 heterocycles. The van der Waals surface area contributed by atoms with E-state index in [-0.39, 0.29) is 23.3 Å². The summed E-state index contributed by atoms with van der Waals surface area (Å²) in [7, 11) is 0. The molecule has 0 fully saturated rings. The summed E-state index contributed by atoms with van der Waals surface area (Å²) in [6, 6.07) is 20.0. The Hall–Kier alpha value is -5.18. The molecule has 0 spiro atoms. The van der Waals surface area contributed by atoms with Crippen LogP contribution >= 0.6 is 0 Å². The molecule has 0 unspecified atom stereocenters. The fraction of sp³-hybridized carbons (Fsp3) is 0.103. The number of phenolic OH excluding ortho intramolecular Hbond substituents is 1. The summed E-state index contributed by atoms with van der Waals surface area (Å²) in [5.41, 5.74) is 4.29. The Balaban J connectivity index is 1.33. The third-order valence-corrected chi connectivity index (χ3v) is 6.09. The first-order chi connectivity index (χ1) is 18.3. The topological polar surface area (TPSA) is 133 Å². The van der Waals surface area contributed by atoms with Gasteiger partial charge in [0.25, 0.3) is 5.91 Å². The molecule has 9 heteroatoms. The molecule has 0 radical (unpaired) electrons. The third kappa shape index (κ3) is 4.90. The highest BCUT2D eigenvalue weighted by Crippen LogP contribution is 2.28. The molecule has 0 saturated heterocycles. The second-order valence-electron chi connectivity index (χ2n) is 8.77. The molecule has 0 aliphatic carbocycles. The number of aliphatic imine (C=N–C) groups is 1. The largest absolute Gasteiger partial charge is 0.508 e. The van der Waals surface area contributed by atoms with Crippen molar-refractivity contribution in [2.24, 2.45) is 4.99 Å². The Kier molecular flexibility index (Phi) is 6.49. The van der Waals surface area contributed by atoms with E-state index in [0.29, 0.717) is 51.2 Å². The quantitative estimate of drug-likeness (QED) is 0.174. The molecule has 0 aliphatic rings. The molecule has 0 aliphatic heterocycles. The molecule has 3 aromatic carbocycles. The van der Waals surface area contributed by atoms with Crippen molar-refractivity contribution >= 4 is 40.2 Å². The minimum absolute atomic E-state index is 0.0757. The number of aryl methyl sites for hydroxylation is 2. The van der Waals surface area contributed by atoms with E-state index in [2.05, 4.69) is 20.4 Å². The van der Waals surface area contributed by atoms with E-state index in [1.165, 1.54) is 12.3 Å². The van der Waals surface area contributed by atoms with Crippen LogP contribution in [0.15, 0.2) is 77.8 Å². The van der Waals surface area contributed by atoms with Crippen LogP contribution in [-0.4, -0.2) is 42.9 Å². The maximum Gasteiger partial charge on any atom is 0.273 e. The number of aromatic nitrogens is 3. The smallest absolute Gasteiger partial charge is 0.273 e. The second-order valence-corrected chi connectivity index (χ2v) is 8.77. The average molecular weight is 508 g/mol. The predicted octanol–water partition coefficient (Wildman–Crippen LogP) is 5.34. The van der Waals surface area contributed by atoms with Crippen LogP contribution in [0.25, 0.3) is 10.9 Å². The zero-order valence-corrected chi connectivity index (χ0v) is 20.8. The number of aromatic hydroxyl groups is 2. The first-order valence-electron chi connectivity index (χ1n) is 12.0. The standard InChI is InChI=1S/C29H25N5O4/c1-3-34-26(13-17(2)33-34)29(38)31-20-10-7-18(8-11-20)27(36)19-9-12-23-24(28(37)32-25(23)14-19)16-30-21-5-4-6-22(35)15-21/h4-16,32,35,37H,3H2,1-2H3,(H,31,38). The van der Waals surface area contributed by atoms with Crippen molar-refractivity contribution in [1.82, 2.24) is 14.8 Å². The summed E-state index contributed by atoms with van der Waals surface area (Å²) in [4.78, 5) is 33.0. The number of nitrogens with zero attached hydrogens (tertiary/aromatic N) is 3. The van der Waals surface area contributed by atoms with E-state index < -0.39 is 0 Å². The number of benzene rings is 3. The van der Waals surface area contributed by atoms with Crippen molar-refractivity contribution in [2.45, 2.75) is 20.4 Å². The number of nitrogens with one attached hydrogen (secondary N) is 2. The Morgan fingerprint density at radius 3 is 2.53 bits per heavy atom. The predicted molar refractivity (Wildman–Crippen MR) is 146 cm³/mol. The molecule has 0 bridgehead atoms. The summed E-state index contributed by atoms with van der Waals surface area (Å²) >= 11 is 0. The van der Waals surface area contributed by atoms with Crippen molar-refractivity contribution in [3.8, 4) is 11.6 Å². The fourth-order valence-corrected chi connectivity index (χ4v) is 4.23. The molecular weight excluding hydrogens is 482 g/mol. The van der Waals surface area contributed by atoms with Gasteiger partial charge in [0.1, 0.15) is 11.4 Å². The van der Waals surface area contributed by atoms with Gasteiger partial charge in [-0.15, -0.1) is 0 Å². The minimum atomic E-state index is -0.271. The lowest BCUT2D eigenvalue weighted by atomic mass is 10.0. The van der Waals surface area contributed by atoms with Crippen LogP contribution in [0.3, 0.4) is 0 Å². The highest BCUT2D eigenvalue weighted by Gasteiger charge is 2.16. The number of rotatable bonds is 7. The van der Waals surface area contributed by atoms with Gasteiger partial charge >= 0.3 is 0 Å². The highest BCUT2D eigenvalue weighted by atomic mass is 16.3. The number of fused-ring (bicyclic) bond motifs is 1. The van der Waals surface area contributed by atoms with Crippen LogP contribution in [0, 0.1) is 6.92 Å². The first-order valence-corrected chi connectivity index (χ1v) is 12.0. The van der Waals surface area contributed by atoms with Gasteiger partial charge in [0.2, 0.25) is 0 Å². The van der Waals surface area contributed by atoms with Gasteiger partial charge < -0.3 is 20.5 Å². The van der Waals surface area contributed by atoms with Crippen molar-refractivity contribution in [3.05, 3.63) is 101 Å². The van der Waals surface area contributed by atoms with Crippen LogP contribution in [-0.2, 0) is 6.54 Å². The Morgan fingerprint density at radius 2 is 1.79 bits per heavy atom. The van der Waals surface area contributed by atoms with Crippen molar-refractivity contribution in [3.63, 3.8) is 0 Å². The Morgan fingerprint density at radius 1 is 1.03 bits per heavy atom. The van der Waals surface area contributed by atoms with E-state index in [0.717, 1.165) is 5.69 Å². The number of phenols is 1. The van der Waals surface area contributed by atoms with Gasteiger partial charge in [-0.2, -0.15) is 5.10 Å². The summed E-state index contributed by atoms with van der Waals surface area (Å²) in [6.07, 6.45) is 1.51. The van der Waals surface area contributed by atoms with Crippen molar-refractivity contribution in [2.75, 3.05) is 5.32 Å². The first kappa shape index (κ1) is 24.5. The number of anilines is 1. The highest BCUT2D eigenvalue weighted by molar-refractivity contribution is 6.12. The van der Waals surface area contributed by atoms with Gasteiger partial charge in [-0.1, -0.05) is 18.2 Å². The second kappa shape index (κ2) is 10.1. The van der Waals surface area contributed by atoms with Crippen LogP contribution in [0.1, 0.15) is 44.6 Å². The fourth-order valence-electron chi connectivity index (χ4n) is 4.23. The average Bonchev–Trinajstić information content (AvgIpc) is 3.45. The summed E-state index contributed by atoms with van der Waals surface area (Å²) in [6.45, 7) is 4.33. The van der Waals surface area contributed by atoms with Gasteiger partial charge in [0.15, 0.2) is 11.7 Å². The molecule has 4 N–H and O–H groups in total. The van der Waals surface area contributed by atoms with E-state index >= 15 is 0 Å². The number of hydrogen-bond acceptors (Lipinski definition) is 6. The maximum absolute atomic E-state index is 13.1. The molecule has 0 saturated carbocycles. The van der Waals surface area contributed by atoms with E-state index in [4.69, 9.17) is 0 Å². The minimum Gasteiger partial charge on any atom is -0.508 e. The molecule has 9 nitrogen and oxygen atoms in total. The molecule has 190 valence electrons. The van der Waals surface area contributed by atoms with Gasteiger partial charge in [0.05, 0.1) is 16.9 Å². The molecular formula is C29H25N5O4. The summed E-state index contributed by atoms with van der Waals surface area (Å²) in [5.74, 6) is -0.450. The van der Waals surface area contributed by atoms with Gasteiger partial charge in [-0.25, -0.2) is 0 Å². The third-order valence-electron chi connectivity index (χ3n) is 6.09. The molecule has 0 atom stereocenters. The lowest BCUT2D eigenvalue weighted by Gasteiger charge is -2.08. The zero-order chi connectivity index (χ0) is 26.8. The van der Waals surface area contributed by atoms with E-state index in [1.54, 1.807) is 71.4 Å². The molecule has 1 amide bonds. The van der Waals surface area contributed by atoms with Crippen LogP contribution in [0.5, 0.6) is 11.6 Å². The maximum atomic E-state index is 13.1. The van der Waals surface area contributed by atoms with E-state index in [9.17, 15) is 19.8 Å². The molecule has 5 aromatic rings. The zero-order valence-electron chi connectivity index (χ0n) is 20.8. The normalized spacial score (nSPS) is 11.3. The van der Waals surface area contributed by atoms with Crippen molar-refractivity contribution < 1.29 is 19.8 Å². The number of H-pyrrole nitrogens is 1. The van der Waals surface area contributed by atoms with Gasteiger partial charge in [0, 0.05) is 46.5 Å². The van der Waals surface area contributed by atoms with Crippen molar-refractivity contribution in [1.29, 1.82) is 0 Å². The SMILES string of the molecule is CCn1nc(C)cc1C(=O)Nc1ccc(C(=O)c2ccc3c(C=Nc4cccc(O)c4)c(O)[nH]c3c2)cc1. The summed E-state index contributed by atoms with van der Waals surface area (Å²) < 4.78 is 1.64. The Bertz CT molecular complexity index is 1700. The van der Waals surface area contributed by atoms with Gasteiger partial charge in [-0.05, 0) is 62.4 Å². The van der Waals surface area contributed by atoms with Crippen LogP contribution < -0.4 is 5.32 Å². The number of amides is 1. The number of carbonyl (C=O) groups excluding carboxylic acids is 2. The van der Waals surface area contributed by atoms with Gasteiger partial charge in [-0.3, -0.25) is 19.3 Å². The van der Waals surface area contributed by atoms with Crippen LogP contribution in [0.4, 0.5) is 11.4 Å². The lowest BCUT2D eigenvalue weighted by molar-refractivity contribution is 0.101. The lowest BCUT2D eigenvalue weighted by Crippen LogP contribution is -2.17. The number of aromatic amines is 1. The Labute approximate surface area is 218 Å². The number of carbonyl (C=O) groups is 2. The van der Waals surface area contributed by atoms with E-state index in [1.807, 2.05) is 13.8 Å². The summed E-state index contributed by atoms with van der Waals surface area (Å²) in [5, 5.41) is 27.9. The monoisotopic (exact) mass is 507 g/mol. The number of ketones is 1. The molecule has 38 heavy (non-hydrogen) atoms. The molecule has 2 aromatic heterocycles. The molecule has 5 rings (SSSR count). The van der Waals surface area contributed by atoms with Crippen LogP contribution in [0.2, 0.25) is 0 Å².